The number of unbranched alkanes of at least 4 members (excludes halogenated alkanes) is 7. The zero-order chi connectivity index (χ0) is 14.3. The molecule has 0 fully saturated rings. The Balaban J connectivity index is 3.07. The van der Waals surface area contributed by atoms with Crippen molar-refractivity contribution in [2.75, 3.05) is 6.61 Å². The van der Waals surface area contributed by atoms with Gasteiger partial charge in [0.1, 0.15) is 0 Å². The minimum atomic E-state index is -0.249. The highest BCUT2D eigenvalue weighted by Gasteiger charge is 2.01. The van der Waals surface area contributed by atoms with Gasteiger partial charge in [-0.2, -0.15) is 0 Å². The summed E-state index contributed by atoms with van der Waals surface area (Å²) in [5, 5.41) is 0. The van der Waals surface area contributed by atoms with Crippen molar-refractivity contribution in [1.29, 1.82) is 0 Å². The van der Waals surface area contributed by atoms with Gasteiger partial charge in [-0.05, 0) is 31.7 Å². The first-order chi connectivity index (χ1) is 9.18. The number of ether oxygens (including phenoxy) is 1. The molecule has 0 aromatic carbocycles. The first-order valence-electron chi connectivity index (χ1n) is 8.01. The molecule has 0 spiro atoms. The Morgan fingerprint density at radius 3 is 2.11 bits per heavy atom. The Labute approximate surface area is 126 Å². The van der Waals surface area contributed by atoms with Crippen molar-refractivity contribution in [2.24, 2.45) is 0 Å². The van der Waals surface area contributed by atoms with Crippen molar-refractivity contribution < 1.29 is 9.53 Å². The van der Waals surface area contributed by atoms with Crippen molar-refractivity contribution in [3.63, 3.8) is 0 Å². The Hall–Kier alpha value is -0.139. The van der Waals surface area contributed by atoms with Gasteiger partial charge >= 0.3 is 5.97 Å². The van der Waals surface area contributed by atoms with Crippen LogP contribution in [0.3, 0.4) is 0 Å². The summed E-state index contributed by atoms with van der Waals surface area (Å²) in [6, 6.07) is 1.64. The van der Waals surface area contributed by atoms with E-state index in [9.17, 15) is 4.79 Å². The second-order valence-corrected chi connectivity index (χ2v) is 22.0. The summed E-state index contributed by atoms with van der Waals surface area (Å²) in [4.78, 5) is 11.1. The van der Waals surface area contributed by atoms with Gasteiger partial charge in [0.15, 0.2) is 0 Å². The van der Waals surface area contributed by atoms with E-state index in [1.165, 1.54) is 44.9 Å². The van der Waals surface area contributed by atoms with Crippen LogP contribution in [-0.4, -0.2) is 39.9 Å². The van der Waals surface area contributed by atoms with E-state index in [-0.39, 0.29) is 5.97 Å². The normalized spacial score (nSPS) is 11.8. The van der Waals surface area contributed by atoms with E-state index < -0.39 is 0 Å². The van der Waals surface area contributed by atoms with Gasteiger partial charge < -0.3 is 4.74 Å². The molecule has 0 aromatic rings. The summed E-state index contributed by atoms with van der Waals surface area (Å²) in [5.74, 6) is -0.249. The quantitative estimate of drug-likeness (QED) is 0.221. The van der Waals surface area contributed by atoms with Gasteiger partial charge in [0, 0.05) is 14.6 Å². The Kier molecular flexibility index (Phi) is 14.2. The fourth-order valence-corrected chi connectivity index (χ4v) is 10.3. The summed E-state index contributed by atoms with van der Waals surface area (Å²) in [6.07, 6.45) is 10.6. The topological polar surface area (TPSA) is 26.3 Å². The van der Waals surface area contributed by atoms with Crippen LogP contribution in [0.25, 0.3) is 0 Å². The van der Waals surface area contributed by atoms with Gasteiger partial charge in [-0.15, -0.1) is 0 Å². The molecule has 0 atom stereocenters. The van der Waals surface area contributed by atoms with Crippen LogP contribution >= 0.6 is 0 Å². The second-order valence-electron chi connectivity index (χ2n) is 5.45. The second kappa shape index (κ2) is 14.3. The summed E-state index contributed by atoms with van der Waals surface area (Å²) >= 11 is 0. The number of esters is 1. The van der Waals surface area contributed by atoms with Crippen LogP contribution in [0.2, 0.25) is 6.04 Å². The Morgan fingerprint density at radius 1 is 1.05 bits per heavy atom. The van der Waals surface area contributed by atoms with Crippen LogP contribution < -0.4 is 0 Å². The Morgan fingerprint density at radius 2 is 1.58 bits per heavy atom. The lowest BCUT2D eigenvalue weighted by atomic mass is 10.1. The van der Waals surface area contributed by atoms with Crippen LogP contribution in [0.4, 0.5) is 0 Å². The average molecular weight is 317 g/mol. The van der Waals surface area contributed by atoms with Gasteiger partial charge in [0.2, 0.25) is 0 Å². The van der Waals surface area contributed by atoms with Gasteiger partial charge in [-0.1, -0.05) is 57.6 Å². The summed E-state index contributed by atoms with van der Waals surface area (Å²) < 4.78 is 5.06. The van der Waals surface area contributed by atoms with Crippen LogP contribution in [-0.2, 0) is 9.53 Å². The molecule has 0 heterocycles. The van der Waals surface area contributed by atoms with Crippen molar-refractivity contribution in [3.05, 3.63) is 12.2 Å². The van der Waals surface area contributed by atoms with E-state index in [2.05, 4.69) is 6.58 Å². The van der Waals surface area contributed by atoms with Crippen molar-refractivity contribution in [1.82, 2.24) is 0 Å². The third-order valence-electron chi connectivity index (χ3n) is 3.33. The van der Waals surface area contributed by atoms with Crippen LogP contribution in [0, 0.1) is 0 Å². The standard InChI is InChI=1S/C14H32O2Si3/c1-13(2)14(15)16-11-9-7-5-3-4-6-8-10-12-18-19-17/h1,3-12,18-19H2,2,17H3. The lowest BCUT2D eigenvalue weighted by molar-refractivity contribution is -0.139. The van der Waals surface area contributed by atoms with Gasteiger partial charge in [-0.25, -0.2) is 4.79 Å². The first-order valence-corrected chi connectivity index (χ1v) is 18.7. The highest BCUT2D eigenvalue weighted by atomic mass is 29.5. The fraction of sp³-hybridized carbons (Fsp3) is 0.786. The maximum Gasteiger partial charge on any atom is 0.333 e. The molecule has 0 amide bonds. The lowest BCUT2D eigenvalue weighted by Gasteiger charge is -2.04. The van der Waals surface area contributed by atoms with Gasteiger partial charge in [0.05, 0.1) is 6.61 Å². The Bertz CT molecular complexity index is 245. The molecule has 112 valence electrons. The van der Waals surface area contributed by atoms with E-state index in [1.807, 2.05) is 0 Å². The van der Waals surface area contributed by atoms with E-state index >= 15 is 0 Å². The molecule has 0 aliphatic heterocycles. The predicted molar refractivity (Wildman–Crippen MR) is 94.5 cm³/mol. The number of hydrogen-bond acceptors (Lipinski definition) is 2. The van der Waals surface area contributed by atoms with E-state index in [1.54, 1.807) is 22.7 Å². The monoisotopic (exact) mass is 316 g/mol. The van der Waals surface area contributed by atoms with Crippen LogP contribution in [0.5, 0.6) is 0 Å². The molecule has 5 heteroatoms. The molecule has 0 aliphatic carbocycles. The van der Waals surface area contributed by atoms with Gasteiger partial charge in [-0.3, -0.25) is 0 Å². The molecule has 0 aromatic heterocycles. The summed E-state index contributed by atoms with van der Waals surface area (Å²) in [5.41, 5.74) is 0.496. The minimum absolute atomic E-state index is 0.249. The van der Waals surface area contributed by atoms with Crippen molar-refractivity contribution in [3.8, 4) is 0 Å². The fourth-order valence-electron chi connectivity index (χ4n) is 2.05. The number of carbonyl (C=O) groups is 1. The summed E-state index contributed by atoms with van der Waals surface area (Å²) in [7, 11) is 2.66. The van der Waals surface area contributed by atoms with E-state index in [0.29, 0.717) is 29.8 Å². The molecule has 2 nitrogen and oxygen atoms in total. The van der Waals surface area contributed by atoms with Gasteiger partial charge in [0.25, 0.3) is 0 Å². The summed E-state index contributed by atoms with van der Waals surface area (Å²) in [6.45, 7) is 5.81. The molecule has 0 aliphatic rings. The van der Waals surface area contributed by atoms with Crippen molar-refractivity contribution in [2.45, 2.75) is 64.3 Å². The zero-order valence-corrected chi connectivity index (χ0v) is 17.8. The highest BCUT2D eigenvalue weighted by Crippen LogP contribution is 2.09. The first kappa shape index (κ1) is 18.9. The smallest absolute Gasteiger partial charge is 0.333 e. The molecule has 0 saturated carbocycles. The molecule has 0 unspecified atom stereocenters. The molecule has 0 saturated heterocycles. The number of hydrogen-bond donors (Lipinski definition) is 0. The molecule has 0 N–H and O–H groups in total. The molecule has 0 radical (unpaired) electrons. The largest absolute Gasteiger partial charge is 0.462 e. The zero-order valence-electron chi connectivity index (χ0n) is 13.0. The van der Waals surface area contributed by atoms with Crippen LogP contribution in [0.15, 0.2) is 12.2 Å². The predicted octanol–water partition coefficient (Wildman–Crippen LogP) is 1.18. The molecular weight excluding hydrogens is 284 g/mol. The minimum Gasteiger partial charge on any atom is -0.462 e. The van der Waals surface area contributed by atoms with Crippen LogP contribution in [0.1, 0.15) is 58.3 Å². The lowest BCUT2D eigenvalue weighted by Crippen LogP contribution is -2.05. The SMILES string of the molecule is C=C(C)C(=O)OCCCCCCCCCC[SiH2][SiH2][SiH3]. The van der Waals surface area contributed by atoms with E-state index in [4.69, 9.17) is 4.74 Å². The highest BCUT2D eigenvalue weighted by molar-refractivity contribution is 7.23. The van der Waals surface area contributed by atoms with E-state index in [0.717, 1.165) is 6.42 Å². The molecule has 0 bridgehead atoms. The maximum atomic E-state index is 11.1. The average Bonchev–Trinajstić information content (AvgIpc) is 2.39. The third kappa shape index (κ3) is 14.1. The molecular formula is C14H32O2Si3. The number of carbonyl (C=O) groups excluding carboxylic acids is 1. The molecule has 19 heavy (non-hydrogen) atoms. The third-order valence-corrected chi connectivity index (χ3v) is 15.0. The molecule has 0 rings (SSSR count). The van der Waals surface area contributed by atoms with Crippen molar-refractivity contribution >= 4 is 33.3 Å². The number of rotatable bonds is 13. The maximum absolute atomic E-state index is 11.1.